The Balaban J connectivity index is 2.85. The predicted octanol–water partition coefficient (Wildman–Crippen LogP) is 1.48. The maximum absolute atomic E-state index is 8.81. The molecule has 0 radical (unpaired) electrons. The number of benzene rings is 1. The van der Waals surface area contributed by atoms with Gasteiger partial charge in [-0.05, 0) is 35.4 Å². The Hall–Kier alpha value is -1.43. The van der Waals surface area contributed by atoms with E-state index in [9.17, 15) is 0 Å². The standard InChI is InChI=1S/C10H5N3S2/c1-6-2-9-10(14-15-13-9)3-8(6)7(4-11)5-12/h2-3H,1H3. The molecule has 1 aliphatic heterocycles. The van der Waals surface area contributed by atoms with Gasteiger partial charge in [-0.1, -0.05) is 0 Å². The molecule has 0 aliphatic carbocycles. The number of nitriles is 2. The van der Waals surface area contributed by atoms with Crippen LogP contribution in [0.4, 0.5) is 0 Å². The molecule has 0 amide bonds. The molecule has 1 aromatic rings. The van der Waals surface area contributed by atoms with E-state index in [1.54, 1.807) is 10.8 Å². The molecule has 1 aliphatic rings. The van der Waals surface area contributed by atoms with Crippen LogP contribution >= 0.6 is 21.8 Å². The average Bonchev–Trinajstić information content (AvgIpc) is 2.67. The van der Waals surface area contributed by atoms with Gasteiger partial charge in [0.05, 0.1) is 5.36 Å². The van der Waals surface area contributed by atoms with Gasteiger partial charge in [0, 0.05) is 21.1 Å². The first-order chi connectivity index (χ1) is 7.26. The van der Waals surface area contributed by atoms with Crippen LogP contribution in [0.2, 0.25) is 0 Å². The van der Waals surface area contributed by atoms with Gasteiger partial charge >= 0.3 is 0 Å². The fraction of sp³-hybridized carbons (Fsp3) is 0.100. The van der Waals surface area contributed by atoms with Crippen molar-refractivity contribution in [3.8, 4) is 12.1 Å². The van der Waals surface area contributed by atoms with Crippen LogP contribution in [0.3, 0.4) is 0 Å². The maximum atomic E-state index is 8.81. The second-order valence-electron chi connectivity index (χ2n) is 2.98. The number of nitrogens with zero attached hydrogens (tertiary/aromatic N) is 3. The van der Waals surface area contributed by atoms with Gasteiger partial charge in [-0.15, -0.1) is 0 Å². The number of hydrogen-bond acceptors (Lipinski definition) is 5. The van der Waals surface area contributed by atoms with Gasteiger partial charge in [-0.25, -0.2) is 4.40 Å². The predicted molar refractivity (Wildman–Crippen MR) is 60.0 cm³/mol. The van der Waals surface area contributed by atoms with E-state index < -0.39 is 0 Å². The summed E-state index contributed by atoms with van der Waals surface area (Å²) in [6.07, 6.45) is 0. The molecule has 0 saturated carbocycles. The van der Waals surface area contributed by atoms with E-state index in [1.165, 1.54) is 11.0 Å². The summed E-state index contributed by atoms with van der Waals surface area (Å²) in [6.45, 7) is 1.88. The van der Waals surface area contributed by atoms with E-state index in [1.807, 2.05) is 31.2 Å². The summed E-state index contributed by atoms with van der Waals surface area (Å²) >= 11 is 0. The van der Waals surface area contributed by atoms with E-state index in [0.717, 1.165) is 15.8 Å². The minimum Gasteiger partial charge on any atom is -0.204 e. The number of hydrogen-bond donors (Lipinski definition) is 0. The first-order valence-corrected chi connectivity index (χ1v) is 6.24. The minimum absolute atomic E-state index is 0.160. The number of fused-ring (bicyclic) bond motifs is 1. The van der Waals surface area contributed by atoms with Gasteiger partial charge < -0.3 is 0 Å². The van der Waals surface area contributed by atoms with Crippen molar-refractivity contribution in [2.45, 2.75) is 11.8 Å². The normalized spacial score (nSPS) is 12.2. The highest BCUT2D eigenvalue weighted by Crippen LogP contribution is 2.33. The van der Waals surface area contributed by atoms with Crippen molar-refractivity contribution in [2.75, 3.05) is 0 Å². The van der Waals surface area contributed by atoms with E-state index in [4.69, 9.17) is 10.5 Å². The molecule has 1 heterocycles. The molecule has 3 nitrogen and oxygen atoms in total. The van der Waals surface area contributed by atoms with Crippen LogP contribution < -0.4 is 10.6 Å². The third kappa shape index (κ3) is 1.72. The molecule has 0 fully saturated rings. The third-order valence-electron chi connectivity index (χ3n) is 2.06. The van der Waals surface area contributed by atoms with Crippen LogP contribution in [-0.4, -0.2) is 0 Å². The highest BCUT2D eigenvalue weighted by atomic mass is 33.1. The van der Waals surface area contributed by atoms with Crippen LogP contribution in [0.5, 0.6) is 0 Å². The summed E-state index contributed by atoms with van der Waals surface area (Å²) < 4.78 is 4.22. The molecule has 72 valence electrons. The zero-order valence-electron chi connectivity index (χ0n) is 7.81. The van der Waals surface area contributed by atoms with Gasteiger partial charge in [-0.2, -0.15) is 10.5 Å². The molecule has 0 atom stereocenters. The topological polar surface area (TPSA) is 59.9 Å². The molecule has 1 aromatic carbocycles. The van der Waals surface area contributed by atoms with E-state index in [0.29, 0.717) is 5.22 Å². The SMILES string of the molecule is Cc1cc2c(cc1=C(C#N)C#N)SSN=2. The quantitative estimate of drug-likeness (QED) is 0.501. The van der Waals surface area contributed by atoms with Crippen LogP contribution in [0.1, 0.15) is 5.56 Å². The fourth-order valence-corrected chi connectivity index (χ4v) is 3.08. The number of aryl methyl sites for hydroxylation is 1. The first kappa shape index (κ1) is 10.1. The Morgan fingerprint density at radius 3 is 2.73 bits per heavy atom. The fourth-order valence-electron chi connectivity index (χ4n) is 1.32. The lowest BCUT2D eigenvalue weighted by Crippen LogP contribution is -2.15. The number of rotatable bonds is 0. The molecular formula is C10H5N3S2. The van der Waals surface area contributed by atoms with Crippen LogP contribution in [-0.2, 0) is 0 Å². The molecule has 0 N–H and O–H groups in total. The molecule has 2 rings (SSSR count). The zero-order valence-corrected chi connectivity index (χ0v) is 9.45. The first-order valence-electron chi connectivity index (χ1n) is 4.13. The lowest BCUT2D eigenvalue weighted by atomic mass is 10.1. The van der Waals surface area contributed by atoms with Crippen molar-refractivity contribution < 1.29 is 0 Å². The van der Waals surface area contributed by atoms with Crippen molar-refractivity contribution in [1.82, 2.24) is 0 Å². The van der Waals surface area contributed by atoms with Crippen molar-refractivity contribution in [2.24, 2.45) is 4.40 Å². The van der Waals surface area contributed by atoms with Crippen molar-refractivity contribution in [3.05, 3.63) is 28.3 Å². The monoisotopic (exact) mass is 231 g/mol. The Morgan fingerprint density at radius 2 is 2.07 bits per heavy atom. The summed E-state index contributed by atoms with van der Waals surface area (Å²) in [5, 5.41) is 19.3. The highest BCUT2D eigenvalue weighted by molar-refractivity contribution is 8.76. The largest absolute Gasteiger partial charge is 0.204 e. The van der Waals surface area contributed by atoms with Gasteiger partial charge in [0.15, 0.2) is 0 Å². The van der Waals surface area contributed by atoms with Crippen molar-refractivity contribution in [1.29, 1.82) is 10.5 Å². The molecular weight excluding hydrogens is 226 g/mol. The van der Waals surface area contributed by atoms with Crippen molar-refractivity contribution >= 4 is 27.3 Å². The lowest BCUT2D eigenvalue weighted by Gasteiger charge is -1.96. The lowest BCUT2D eigenvalue weighted by molar-refractivity contribution is 1.23. The minimum atomic E-state index is 0.160. The average molecular weight is 231 g/mol. The molecule has 0 saturated heterocycles. The molecule has 5 heteroatoms. The summed E-state index contributed by atoms with van der Waals surface area (Å²) in [5.41, 5.74) is 1.08. The Labute approximate surface area is 94.7 Å². The molecule has 0 bridgehead atoms. The summed E-state index contributed by atoms with van der Waals surface area (Å²) in [7, 11) is 2.96. The van der Waals surface area contributed by atoms with Gasteiger partial charge in [0.25, 0.3) is 0 Å². The third-order valence-corrected chi connectivity index (χ3v) is 3.90. The van der Waals surface area contributed by atoms with Crippen LogP contribution in [0.25, 0.3) is 5.57 Å². The maximum Gasteiger partial charge on any atom is 0.137 e. The Kier molecular flexibility index (Phi) is 2.68. The van der Waals surface area contributed by atoms with Gasteiger partial charge in [0.2, 0.25) is 0 Å². The van der Waals surface area contributed by atoms with Crippen molar-refractivity contribution in [3.63, 3.8) is 0 Å². The molecule has 15 heavy (non-hydrogen) atoms. The summed E-state index contributed by atoms with van der Waals surface area (Å²) in [5.74, 6) is 0. The second kappa shape index (κ2) is 3.98. The smallest absolute Gasteiger partial charge is 0.137 e. The Morgan fingerprint density at radius 1 is 1.33 bits per heavy atom. The second-order valence-corrected chi connectivity index (χ2v) is 4.87. The zero-order chi connectivity index (χ0) is 10.8. The van der Waals surface area contributed by atoms with E-state index in [2.05, 4.69) is 4.40 Å². The van der Waals surface area contributed by atoms with E-state index >= 15 is 0 Å². The molecule has 0 spiro atoms. The summed E-state index contributed by atoms with van der Waals surface area (Å²) in [4.78, 5) is 1.02. The van der Waals surface area contributed by atoms with Crippen LogP contribution in [0, 0.1) is 29.6 Å². The Bertz CT molecular complexity index is 604. The molecule has 0 unspecified atom stereocenters. The van der Waals surface area contributed by atoms with Gasteiger partial charge in [-0.3, -0.25) is 0 Å². The highest BCUT2D eigenvalue weighted by Gasteiger charge is 2.08. The van der Waals surface area contributed by atoms with Crippen LogP contribution in [0.15, 0.2) is 21.4 Å². The van der Waals surface area contributed by atoms with E-state index in [-0.39, 0.29) is 5.57 Å². The molecule has 0 aromatic heterocycles. The summed E-state index contributed by atoms with van der Waals surface area (Å²) in [6, 6.07) is 7.59. The van der Waals surface area contributed by atoms with Gasteiger partial charge in [0.1, 0.15) is 17.7 Å².